The van der Waals surface area contributed by atoms with Crippen LogP contribution in [0.15, 0.2) is 35.3 Å². The number of carbonyl (C=O) groups is 6. The molecule has 10 N–H and O–H groups in total. The lowest BCUT2D eigenvalue weighted by Gasteiger charge is -2.24. The molecule has 55 heavy (non-hydrogen) atoms. The Bertz CT molecular complexity index is 1920. The van der Waals surface area contributed by atoms with Gasteiger partial charge in [0.1, 0.15) is 23.3 Å². The van der Waals surface area contributed by atoms with Gasteiger partial charge in [-0.15, -0.1) is 0 Å². The molecule has 298 valence electrons. The third kappa shape index (κ3) is 15.2. The standard InChI is InChI=1S/C34H47N11O10/c1-33(2,3)54-31(52)40-17-22(43-32(53)55-34(4,5)6)27(48)37-14-13-36-23(46)12-11-21(29(50)51)42-26(47)18-7-9-19(10-8-18)38-15-20-16-39-25-24(41-20)28(49)45-30(35)44-25/h7-10,16,21-22,38H,11-15,17H2,1-6H3,(H,36,46)(H,37,48)(H,40,52)(H,42,47)(H,43,53)(H,50,51)(H3,35,39,44,45,49). The zero-order valence-corrected chi connectivity index (χ0v) is 31.3. The van der Waals surface area contributed by atoms with Crippen LogP contribution in [0.5, 0.6) is 0 Å². The molecule has 0 fully saturated rings. The molecule has 0 aliphatic carbocycles. The fraction of sp³-hybridized carbons (Fsp3) is 0.471. The van der Waals surface area contributed by atoms with Crippen molar-refractivity contribution >= 4 is 58.7 Å². The maximum atomic E-state index is 12.8. The van der Waals surface area contributed by atoms with Gasteiger partial charge in [-0.1, -0.05) is 0 Å². The van der Waals surface area contributed by atoms with Gasteiger partial charge in [-0.2, -0.15) is 4.98 Å². The van der Waals surface area contributed by atoms with Crippen LogP contribution in [0.4, 0.5) is 21.2 Å². The van der Waals surface area contributed by atoms with Gasteiger partial charge in [0.2, 0.25) is 17.8 Å². The third-order valence-electron chi connectivity index (χ3n) is 6.97. The van der Waals surface area contributed by atoms with Crippen LogP contribution in [0.25, 0.3) is 11.2 Å². The van der Waals surface area contributed by atoms with E-state index in [1.54, 1.807) is 53.7 Å². The summed E-state index contributed by atoms with van der Waals surface area (Å²) in [6.07, 6.45) is -0.747. The van der Waals surface area contributed by atoms with Crippen molar-refractivity contribution in [2.75, 3.05) is 30.7 Å². The largest absolute Gasteiger partial charge is 0.480 e. The van der Waals surface area contributed by atoms with Crippen molar-refractivity contribution < 1.29 is 43.3 Å². The number of fused-ring (bicyclic) bond motifs is 1. The van der Waals surface area contributed by atoms with Gasteiger partial charge in [0.05, 0.1) is 25.0 Å². The number of aromatic amines is 1. The highest BCUT2D eigenvalue weighted by molar-refractivity contribution is 5.97. The Balaban J connectivity index is 1.44. The van der Waals surface area contributed by atoms with Gasteiger partial charge in [-0.25, -0.2) is 24.4 Å². The first-order valence-corrected chi connectivity index (χ1v) is 17.1. The van der Waals surface area contributed by atoms with Crippen molar-refractivity contribution in [3.8, 4) is 0 Å². The number of carboxylic acid groups (broad SMARTS) is 1. The molecule has 2 heterocycles. The van der Waals surface area contributed by atoms with Gasteiger partial charge in [0, 0.05) is 30.8 Å². The third-order valence-corrected chi connectivity index (χ3v) is 6.97. The number of amides is 5. The van der Waals surface area contributed by atoms with Gasteiger partial charge in [0.25, 0.3) is 11.5 Å². The molecule has 0 radical (unpaired) electrons. The Morgan fingerprint density at radius 2 is 1.49 bits per heavy atom. The lowest BCUT2D eigenvalue weighted by Crippen LogP contribution is -2.54. The van der Waals surface area contributed by atoms with E-state index in [1.165, 1.54) is 18.3 Å². The summed E-state index contributed by atoms with van der Waals surface area (Å²) in [4.78, 5) is 101. The number of alkyl carbamates (subject to hydrolysis) is 2. The lowest BCUT2D eigenvalue weighted by molar-refractivity contribution is -0.139. The second-order valence-electron chi connectivity index (χ2n) is 14.0. The van der Waals surface area contributed by atoms with Crippen LogP contribution in [0.2, 0.25) is 0 Å². The number of rotatable bonds is 16. The molecule has 3 rings (SSSR count). The molecule has 0 aliphatic rings. The Morgan fingerprint density at radius 3 is 2.13 bits per heavy atom. The average molecular weight is 770 g/mol. The fourth-order valence-electron chi connectivity index (χ4n) is 4.52. The van der Waals surface area contributed by atoms with E-state index in [0.717, 1.165) is 0 Å². The number of nitrogens with zero attached hydrogens (tertiary/aromatic N) is 3. The van der Waals surface area contributed by atoms with Crippen LogP contribution in [0.1, 0.15) is 70.4 Å². The highest BCUT2D eigenvalue weighted by atomic mass is 16.6. The van der Waals surface area contributed by atoms with Crippen molar-refractivity contribution in [1.82, 2.24) is 46.5 Å². The van der Waals surface area contributed by atoms with Crippen molar-refractivity contribution in [2.24, 2.45) is 0 Å². The number of H-pyrrole nitrogens is 1. The number of hydrogen-bond acceptors (Lipinski definition) is 14. The monoisotopic (exact) mass is 769 g/mol. The van der Waals surface area contributed by atoms with E-state index < -0.39 is 64.7 Å². The molecular formula is C34H47N11O10. The predicted octanol–water partition coefficient (Wildman–Crippen LogP) is 0.521. The summed E-state index contributed by atoms with van der Waals surface area (Å²) in [6, 6.07) is 3.50. The zero-order valence-electron chi connectivity index (χ0n) is 31.3. The number of carboxylic acids is 1. The van der Waals surface area contributed by atoms with E-state index in [9.17, 15) is 38.7 Å². The zero-order chi connectivity index (χ0) is 40.9. The Morgan fingerprint density at radius 1 is 0.855 bits per heavy atom. The Kier molecular flexibility index (Phi) is 14.8. The minimum absolute atomic E-state index is 0.0295. The molecule has 2 aromatic heterocycles. The van der Waals surface area contributed by atoms with Crippen LogP contribution in [0.3, 0.4) is 0 Å². The van der Waals surface area contributed by atoms with Crippen molar-refractivity contribution in [1.29, 1.82) is 0 Å². The molecule has 3 aromatic rings. The molecule has 2 atom stereocenters. The minimum Gasteiger partial charge on any atom is -0.480 e. The van der Waals surface area contributed by atoms with E-state index in [4.69, 9.17) is 15.2 Å². The molecule has 1 aromatic carbocycles. The molecule has 21 heteroatoms. The predicted molar refractivity (Wildman–Crippen MR) is 198 cm³/mol. The maximum Gasteiger partial charge on any atom is 0.408 e. The number of hydrogen-bond donors (Lipinski definition) is 9. The van der Waals surface area contributed by atoms with Gasteiger partial charge >= 0.3 is 18.2 Å². The highest BCUT2D eigenvalue weighted by Crippen LogP contribution is 2.13. The second kappa shape index (κ2) is 19.0. The maximum absolute atomic E-state index is 12.8. The molecule has 5 amide bonds. The van der Waals surface area contributed by atoms with Crippen LogP contribution in [-0.4, -0.2) is 104 Å². The van der Waals surface area contributed by atoms with Gasteiger partial charge in [0.15, 0.2) is 11.2 Å². The fourth-order valence-corrected chi connectivity index (χ4v) is 4.52. The van der Waals surface area contributed by atoms with Gasteiger partial charge in [-0.05, 0) is 72.2 Å². The lowest BCUT2D eigenvalue weighted by atomic mass is 10.1. The van der Waals surface area contributed by atoms with Gasteiger partial charge in [-0.3, -0.25) is 24.2 Å². The number of anilines is 2. The van der Waals surface area contributed by atoms with Crippen molar-refractivity contribution in [3.63, 3.8) is 0 Å². The summed E-state index contributed by atoms with van der Waals surface area (Å²) in [6.45, 7) is 9.66. The summed E-state index contributed by atoms with van der Waals surface area (Å²) in [7, 11) is 0. The number of aliphatic carboxylic acids is 1. The number of ether oxygens (including phenoxy) is 2. The number of carbonyl (C=O) groups excluding carboxylic acids is 5. The van der Waals surface area contributed by atoms with Gasteiger partial charge < -0.3 is 52.2 Å². The quantitative estimate of drug-likeness (QED) is 0.0897. The first-order valence-electron chi connectivity index (χ1n) is 17.1. The van der Waals surface area contributed by atoms with Crippen LogP contribution in [0, 0.1) is 0 Å². The summed E-state index contributed by atoms with van der Waals surface area (Å²) in [5.74, 6) is -3.32. The van der Waals surface area contributed by atoms with Crippen molar-refractivity contribution in [3.05, 3.63) is 52.1 Å². The van der Waals surface area contributed by atoms with E-state index in [2.05, 4.69) is 51.8 Å². The summed E-state index contributed by atoms with van der Waals surface area (Å²) in [5, 5.41) is 25.0. The first-order chi connectivity index (χ1) is 25.7. The number of aromatic nitrogens is 4. The SMILES string of the molecule is CC(C)(C)OC(=O)NCC(NC(=O)OC(C)(C)C)C(=O)NCCNC(=O)CCC(NC(=O)c1ccc(NCc2cnc3nc(N)[nH]c(=O)c3n2)cc1)C(=O)O. The first kappa shape index (κ1) is 42.9. The minimum atomic E-state index is -1.38. The van der Waals surface area contributed by atoms with E-state index >= 15 is 0 Å². The number of nitrogen functional groups attached to an aromatic ring is 1. The Labute approximate surface area is 315 Å². The molecule has 21 nitrogen and oxygen atoms in total. The van der Waals surface area contributed by atoms with Crippen LogP contribution < -0.4 is 43.2 Å². The van der Waals surface area contributed by atoms with E-state index in [1.807, 2.05) is 0 Å². The smallest absolute Gasteiger partial charge is 0.408 e. The Hall–Kier alpha value is -6.54. The average Bonchev–Trinajstić information content (AvgIpc) is 3.07. The molecule has 0 saturated carbocycles. The van der Waals surface area contributed by atoms with Crippen LogP contribution in [-0.2, 0) is 30.4 Å². The molecule has 2 unspecified atom stereocenters. The number of benzene rings is 1. The topological polar surface area (TPSA) is 311 Å². The number of nitrogens with two attached hydrogens (primary N) is 1. The molecule has 0 bridgehead atoms. The van der Waals surface area contributed by atoms with E-state index in [0.29, 0.717) is 11.4 Å². The molecule has 0 aliphatic heterocycles. The highest BCUT2D eigenvalue weighted by Gasteiger charge is 2.26. The molecule has 0 saturated heterocycles. The normalized spacial score (nSPS) is 12.4. The molecular weight excluding hydrogens is 722 g/mol. The van der Waals surface area contributed by atoms with Crippen LogP contribution >= 0.6 is 0 Å². The summed E-state index contributed by atoms with van der Waals surface area (Å²) in [5.41, 5.74) is 4.69. The van der Waals surface area contributed by atoms with E-state index in [-0.39, 0.29) is 61.7 Å². The number of nitrogens with one attached hydrogen (secondary N) is 7. The second-order valence-corrected chi connectivity index (χ2v) is 14.0. The molecule has 0 spiro atoms. The summed E-state index contributed by atoms with van der Waals surface area (Å²) >= 11 is 0. The van der Waals surface area contributed by atoms with Crippen molar-refractivity contribution in [2.45, 2.75) is 84.2 Å². The summed E-state index contributed by atoms with van der Waals surface area (Å²) < 4.78 is 10.4.